The standard InChI is InChI=1S/C11H8F2N2O/c1-2-7-3-11(16)15(6-7)8-4-9(12)14-10(13)5-8/h1,4-5,7H,3,6H2. The van der Waals surface area contributed by atoms with Crippen LogP contribution in [0.1, 0.15) is 6.42 Å². The fourth-order valence-electron chi connectivity index (χ4n) is 1.68. The summed E-state index contributed by atoms with van der Waals surface area (Å²) in [6, 6.07) is 2.03. The number of pyridine rings is 1. The van der Waals surface area contributed by atoms with E-state index in [9.17, 15) is 13.6 Å². The molecule has 1 atom stereocenters. The number of aromatic nitrogens is 1. The number of rotatable bonds is 1. The van der Waals surface area contributed by atoms with E-state index in [0.717, 1.165) is 12.1 Å². The highest BCUT2D eigenvalue weighted by Crippen LogP contribution is 2.25. The number of hydrogen-bond acceptors (Lipinski definition) is 2. The van der Waals surface area contributed by atoms with Gasteiger partial charge in [-0.3, -0.25) is 4.79 Å². The van der Waals surface area contributed by atoms with E-state index < -0.39 is 11.9 Å². The largest absolute Gasteiger partial charge is 0.311 e. The number of amides is 1. The van der Waals surface area contributed by atoms with Gasteiger partial charge >= 0.3 is 0 Å². The molecule has 0 bridgehead atoms. The van der Waals surface area contributed by atoms with Gasteiger partial charge in [-0.15, -0.1) is 12.3 Å². The molecule has 1 aliphatic heterocycles. The second-order valence-electron chi connectivity index (χ2n) is 3.54. The smallest absolute Gasteiger partial charge is 0.228 e. The van der Waals surface area contributed by atoms with Crippen LogP contribution in [0.25, 0.3) is 0 Å². The number of carbonyl (C=O) groups is 1. The Hall–Kier alpha value is -1.96. The summed E-state index contributed by atoms with van der Waals surface area (Å²) in [6.07, 6.45) is 5.42. The van der Waals surface area contributed by atoms with Crippen molar-refractivity contribution in [3.05, 3.63) is 24.0 Å². The van der Waals surface area contributed by atoms with Crippen molar-refractivity contribution in [2.45, 2.75) is 6.42 Å². The van der Waals surface area contributed by atoms with Gasteiger partial charge in [0, 0.05) is 31.0 Å². The number of anilines is 1. The van der Waals surface area contributed by atoms with E-state index in [2.05, 4.69) is 10.9 Å². The van der Waals surface area contributed by atoms with E-state index in [-0.39, 0.29) is 30.5 Å². The van der Waals surface area contributed by atoms with Crippen LogP contribution in [-0.2, 0) is 4.79 Å². The number of terminal acetylenes is 1. The molecule has 2 heterocycles. The van der Waals surface area contributed by atoms with Gasteiger partial charge in [-0.2, -0.15) is 13.8 Å². The van der Waals surface area contributed by atoms with Crippen molar-refractivity contribution < 1.29 is 13.6 Å². The molecule has 16 heavy (non-hydrogen) atoms. The van der Waals surface area contributed by atoms with E-state index in [1.807, 2.05) is 0 Å². The van der Waals surface area contributed by atoms with Gasteiger partial charge in [0.2, 0.25) is 17.8 Å². The molecule has 3 nitrogen and oxygen atoms in total. The van der Waals surface area contributed by atoms with Crippen molar-refractivity contribution in [1.29, 1.82) is 0 Å². The Kier molecular flexibility index (Phi) is 2.57. The highest BCUT2D eigenvalue weighted by atomic mass is 19.1. The van der Waals surface area contributed by atoms with Gasteiger partial charge in [-0.25, -0.2) is 0 Å². The summed E-state index contributed by atoms with van der Waals surface area (Å²) in [4.78, 5) is 15.8. The maximum Gasteiger partial charge on any atom is 0.228 e. The van der Waals surface area contributed by atoms with Crippen molar-refractivity contribution in [2.75, 3.05) is 11.4 Å². The third-order valence-corrected chi connectivity index (χ3v) is 2.42. The lowest BCUT2D eigenvalue weighted by Crippen LogP contribution is -2.24. The van der Waals surface area contributed by atoms with Crippen molar-refractivity contribution in [1.82, 2.24) is 4.98 Å². The summed E-state index contributed by atoms with van der Waals surface area (Å²) in [7, 11) is 0. The maximum atomic E-state index is 12.9. The van der Waals surface area contributed by atoms with Crippen LogP contribution in [0.4, 0.5) is 14.5 Å². The predicted molar refractivity (Wildman–Crippen MR) is 53.4 cm³/mol. The Morgan fingerprint density at radius 1 is 1.44 bits per heavy atom. The van der Waals surface area contributed by atoms with Crippen LogP contribution in [0.3, 0.4) is 0 Å². The number of halogens is 2. The Bertz CT molecular complexity index is 461. The van der Waals surface area contributed by atoms with Gasteiger partial charge in [0.1, 0.15) is 0 Å². The first-order valence-corrected chi connectivity index (χ1v) is 4.69. The Labute approximate surface area is 91.1 Å². The predicted octanol–water partition coefficient (Wildman–Crippen LogP) is 1.35. The van der Waals surface area contributed by atoms with Crippen LogP contribution in [0.2, 0.25) is 0 Å². The first-order valence-electron chi connectivity index (χ1n) is 4.69. The van der Waals surface area contributed by atoms with Crippen LogP contribution in [0.15, 0.2) is 12.1 Å². The molecule has 1 amide bonds. The zero-order valence-corrected chi connectivity index (χ0v) is 8.28. The van der Waals surface area contributed by atoms with Gasteiger partial charge in [-0.05, 0) is 0 Å². The van der Waals surface area contributed by atoms with Crippen LogP contribution < -0.4 is 4.90 Å². The van der Waals surface area contributed by atoms with E-state index >= 15 is 0 Å². The first-order chi connectivity index (χ1) is 7.60. The molecule has 1 aromatic heterocycles. The fraction of sp³-hybridized carbons (Fsp3) is 0.273. The molecule has 82 valence electrons. The summed E-state index contributed by atoms with van der Waals surface area (Å²) in [5, 5.41) is 0. The van der Waals surface area contributed by atoms with Crippen molar-refractivity contribution in [3.8, 4) is 12.3 Å². The third kappa shape index (κ3) is 1.87. The van der Waals surface area contributed by atoms with Gasteiger partial charge in [-0.1, -0.05) is 0 Å². The van der Waals surface area contributed by atoms with Crippen LogP contribution in [0.5, 0.6) is 0 Å². The second-order valence-corrected chi connectivity index (χ2v) is 3.54. The highest BCUT2D eigenvalue weighted by Gasteiger charge is 2.29. The Morgan fingerprint density at radius 2 is 2.06 bits per heavy atom. The Morgan fingerprint density at radius 3 is 2.56 bits per heavy atom. The molecule has 0 saturated carbocycles. The molecule has 1 unspecified atom stereocenters. The first kappa shape index (κ1) is 10.6. The molecule has 0 aliphatic carbocycles. The normalized spacial score (nSPS) is 19.9. The van der Waals surface area contributed by atoms with E-state index in [1.54, 1.807) is 0 Å². The van der Waals surface area contributed by atoms with Crippen LogP contribution in [-0.4, -0.2) is 17.4 Å². The minimum atomic E-state index is -0.952. The quantitative estimate of drug-likeness (QED) is 0.530. The molecule has 1 saturated heterocycles. The van der Waals surface area contributed by atoms with Crippen LogP contribution >= 0.6 is 0 Å². The topological polar surface area (TPSA) is 33.2 Å². The number of nitrogens with zero attached hydrogens (tertiary/aromatic N) is 2. The minimum absolute atomic E-state index is 0.160. The lowest BCUT2D eigenvalue weighted by molar-refractivity contribution is -0.117. The fourth-order valence-corrected chi connectivity index (χ4v) is 1.68. The third-order valence-electron chi connectivity index (χ3n) is 2.42. The van der Waals surface area contributed by atoms with Gasteiger partial charge < -0.3 is 4.90 Å². The molecule has 1 aromatic rings. The van der Waals surface area contributed by atoms with Gasteiger partial charge in [0.25, 0.3) is 0 Å². The lowest BCUT2D eigenvalue weighted by Gasteiger charge is -2.15. The molecular formula is C11H8F2N2O. The number of carbonyl (C=O) groups excluding carboxylic acids is 1. The van der Waals surface area contributed by atoms with Crippen molar-refractivity contribution in [3.63, 3.8) is 0 Å². The summed E-state index contributed by atoms with van der Waals surface area (Å²) in [5.74, 6) is 0.123. The van der Waals surface area contributed by atoms with Gasteiger partial charge in [0.05, 0.1) is 5.69 Å². The lowest BCUT2D eigenvalue weighted by atomic mass is 10.1. The monoisotopic (exact) mass is 222 g/mol. The molecular weight excluding hydrogens is 214 g/mol. The SMILES string of the molecule is C#CC1CC(=O)N(c2cc(F)nc(F)c2)C1. The zero-order chi connectivity index (χ0) is 11.7. The summed E-state index contributed by atoms with van der Waals surface area (Å²) >= 11 is 0. The zero-order valence-electron chi connectivity index (χ0n) is 8.28. The maximum absolute atomic E-state index is 12.9. The minimum Gasteiger partial charge on any atom is -0.311 e. The summed E-state index contributed by atoms with van der Waals surface area (Å²) in [5.41, 5.74) is 0.160. The van der Waals surface area contributed by atoms with E-state index in [0.29, 0.717) is 0 Å². The molecule has 5 heteroatoms. The molecule has 0 radical (unpaired) electrons. The Balaban J connectivity index is 2.32. The molecule has 1 fully saturated rings. The molecule has 2 rings (SSSR count). The van der Waals surface area contributed by atoms with Crippen LogP contribution in [0, 0.1) is 30.2 Å². The summed E-state index contributed by atoms with van der Waals surface area (Å²) < 4.78 is 25.7. The van der Waals surface area contributed by atoms with Gasteiger partial charge in [0.15, 0.2) is 0 Å². The average Bonchev–Trinajstić information content (AvgIpc) is 2.58. The molecule has 1 aliphatic rings. The van der Waals surface area contributed by atoms with E-state index in [4.69, 9.17) is 6.42 Å². The second kappa shape index (κ2) is 3.89. The average molecular weight is 222 g/mol. The highest BCUT2D eigenvalue weighted by molar-refractivity contribution is 5.96. The molecule has 0 aromatic carbocycles. The molecule has 0 N–H and O–H groups in total. The van der Waals surface area contributed by atoms with Crippen molar-refractivity contribution in [2.24, 2.45) is 5.92 Å². The van der Waals surface area contributed by atoms with E-state index in [1.165, 1.54) is 4.90 Å². The summed E-state index contributed by atoms with van der Waals surface area (Å²) in [6.45, 7) is 0.290. The number of hydrogen-bond donors (Lipinski definition) is 0. The molecule has 0 spiro atoms. The van der Waals surface area contributed by atoms with Crippen molar-refractivity contribution >= 4 is 11.6 Å².